The van der Waals surface area contributed by atoms with Crippen molar-refractivity contribution in [2.45, 2.75) is 6.54 Å². The standard InChI is InChI=1S/C13H14FN3O2/c1-15-10-6-13(18)17(16-7-10)8-9-3-4-12(19-2)11(14)5-9/h3-7,15H,8H2,1-2H3. The highest BCUT2D eigenvalue weighted by molar-refractivity contribution is 5.37. The minimum absolute atomic E-state index is 0.176. The minimum Gasteiger partial charge on any atom is -0.494 e. The van der Waals surface area contributed by atoms with E-state index in [2.05, 4.69) is 10.4 Å². The summed E-state index contributed by atoms with van der Waals surface area (Å²) in [5.41, 5.74) is 1.04. The summed E-state index contributed by atoms with van der Waals surface area (Å²) >= 11 is 0. The molecule has 0 saturated carbocycles. The van der Waals surface area contributed by atoms with E-state index in [0.717, 1.165) is 0 Å². The summed E-state index contributed by atoms with van der Waals surface area (Å²) in [5.74, 6) is -0.283. The Bertz CT molecular complexity index is 640. The molecule has 0 aliphatic rings. The van der Waals surface area contributed by atoms with Gasteiger partial charge in [-0.05, 0) is 17.7 Å². The van der Waals surface area contributed by atoms with E-state index in [9.17, 15) is 9.18 Å². The zero-order chi connectivity index (χ0) is 13.8. The van der Waals surface area contributed by atoms with Gasteiger partial charge in [0.15, 0.2) is 11.6 Å². The van der Waals surface area contributed by atoms with E-state index < -0.39 is 5.82 Å². The average molecular weight is 263 g/mol. The molecule has 1 heterocycles. The predicted molar refractivity (Wildman–Crippen MR) is 70.1 cm³/mol. The number of aromatic nitrogens is 2. The first-order valence-electron chi connectivity index (χ1n) is 5.71. The number of nitrogens with zero attached hydrogens (tertiary/aromatic N) is 2. The molecule has 1 aromatic heterocycles. The van der Waals surface area contributed by atoms with Gasteiger partial charge >= 0.3 is 0 Å². The third-order valence-electron chi connectivity index (χ3n) is 2.71. The van der Waals surface area contributed by atoms with Gasteiger partial charge in [-0.15, -0.1) is 0 Å². The van der Waals surface area contributed by atoms with Crippen molar-refractivity contribution >= 4 is 5.69 Å². The second kappa shape index (κ2) is 5.51. The molecule has 0 saturated heterocycles. The number of rotatable bonds is 4. The van der Waals surface area contributed by atoms with Crippen LogP contribution < -0.4 is 15.6 Å². The fraction of sp³-hybridized carbons (Fsp3) is 0.231. The SMILES string of the molecule is CNc1cnn(Cc2ccc(OC)c(F)c2)c(=O)c1. The Hall–Kier alpha value is -2.37. The van der Waals surface area contributed by atoms with Gasteiger partial charge in [0.05, 0.1) is 25.5 Å². The molecule has 0 spiro atoms. The monoisotopic (exact) mass is 263 g/mol. The Balaban J connectivity index is 2.26. The van der Waals surface area contributed by atoms with Crippen molar-refractivity contribution in [2.24, 2.45) is 0 Å². The molecule has 0 amide bonds. The van der Waals surface area contributed by atoms with Gasteiger partial charge in [-0.1, -0.05) is 6.07 Å². The van der Waals surface area contributed by atoms with Crippen molar-refractivity contribution in [3.05, 3.63) is 52.2 Å². The lowest BCUT2D eigenvalue weighted by molar-refractivity contribution is 0.386. The molecule has 0 aliphatic heterocycles. The largest absolute Gasteiger partial charge is 0.494 e. The summed E-state index contributed by atoms with van der Waals surface area (Å²) in [6.45, 7) is 0.212. The Morgan fingerprint density at radius 1 is 1.42 bits per heavy atom. The van der Waals surface area contributed by atoms with Crippen molar-refractivity contribution in [3.8, 4) is 5.75 Å². The smallest absolute Gasteiger partial charge is 0.269 e. The van der Waals surface area contributed by atoms with Gasteiger partial charge in [-0.2, -0.15) is 5.10 Å². The molecule has 0 atom stereocenters. The maximum atomic E-state index is 13.5. The quantitative estimate of drug-likeness (QED) is 0.907. The van der Waals surface area contributed by atoms with Crippen LogP contribution in [0.5, 0.6) is 5.75 Å². The van der Waals surface area contributed by atoms with Crippen molar-refractivity contribution in [2.75, 3.05) is 19.5 Å². The molecule has 0 aliphatic carbocycles. The number of ether oxygens (including phenoxy) is 1. The van der Waals surface area contributed by atoms with E-state index in [1.807, 2.05) is 0 Å². The highest BCUT2D eigenvalue weighted by Crippen LogP contribution is 2.17. The summed E-state index contributed by atoms with van der Waals surface area (Å²) in [6.07, 6.45) is 1.54. The van der Waals surface area contributed by atoms with E-state index >= 15 is 0 Å². The van der Waals surface area contributed by atoms with Gasteiger partial charge < -0.3 is 10.1 Å². The first-order chi connectivity index (χ1) is 9.13. The van der Waals surface area contributed by atoms with Crippen molar-refractivity contribution in [3.63, 3.8) is 0 Å². The van der Waals surface area contributed by atoms with Gasteiger partial charge in [0.1, 0.15) is 0 Å². The lowest BCUT2D eigenvalue weighted by Gasteiger charge is -2.07. The van der Waals surface area contributed by atoms with Crippen molar-refractivity contribution < 1.29 is 9.13 Å². The predicted octanol–water partition coefficient (Wildman–Crippen LogP) is 1.48. The van der Waals surface area contributed by atoms with E-state index in [1.165, 1.54) is 30.0 Å². The molecule has 0 radical (unpaired) electrons. The number of methoxy groups -OCH3 is 1. The van der Waals surface area contributed by atoms with Crippen molar-refractivity contribution in [1.29, 1.82) is 0 Å². The second-order valence-corrected chi connectivity index (χ2v) is 3.96. The Labute approximate surface area is 109 Å². The van der Waals surface area contributed by atoms with E-state index in [4.69, 9.17) is 4.74 Å². The van der Waals surface area contributed by atoms with Gasteiger partial charge in [-0.3, -0.25) is 4.79 Å². The second-order valence-electron chi connectivity index (χ2n) is 3.96. The highest BCUT2D eigenvalue weighted by atomic mass is 19.1. The Morgan fingerprint density at radius 3 is 2.79 bits per heavy atom. The number of benzene rings is 1. The maximum absolute atomic E-state index is 13.5. The number of halogens is 1. The maximum Gasteiger partial charge on any atom is 0.269 e. The normalized spacial score (nSPS) is 10.3. The lowest BCUT2D eigenvalue weighted by atomic mass is 10.2. The molecule has 0 unspecified atom stereocenters. The molecule has 2 aromatic rings. The van der Waals surface area contributed by atoms with E-state index in [-0.39, 0.29) is 17.9 Å². The summed E-state index contributed by atoms with van der Waals surface area (Å²) < 4.78 is 19.6. The van der Waals surface area contributed by atoms with Crippen LogP contribution in [0.2, 0.25) is 0 Å². The molecule has 1 aromatic carbocycles. The number of nitrogens with one attached hydrogen (secondary N) is 1. The molecule has 5 nitrogen and oxygen atoms in total. The van der Waals surface area contributed by atoms with Crippen LogP contribution in [0.4, 0.5) is 10.1 Å². The van der Waals surface area contributed by atoms with Gasteiger partial charge in [-0.25, -0.2) is 9.07 Å². The first kappa shape index (κ1) is 13.1. The summed E-state index contributed by atoms with van der Waals surface area (Å²) in [6, 6.07) is 5.99. The van der Waals surface area contributed by atoms with E-state index in [0.29, 0.717) is 11.3 Å². The van der Waals surface area contributed by atoms with Crippen LogP contribution in [0.1, 0.15) is 5.56 Å². The third kappa shape index (κ3) is 2.90. The number of hydrogen-bond donors (Lipinski definition) is 1. The lowest BCUT2D eigenvalue weighted by Crippen LogP contribution is -2.22. The molecule has 19 heavy (non-hydrogen) atoms. The van der Waals surface area contributed by atoms with Crippen LogP contribution in [0.3, 0.4) is 0 Å². The average Bonchev–Trinajstić information content (AvgIpc) is 2.41. The molecule has 6 heteroatoms. The summed E-state index contributed by atoms with van der Waals surface area (Å²) in [5, 5.41) is 6.84. The molecular weight excluding hydrogens is 249 g/mol. The van der Waals surface area contributed by atoms with Gasteiger partial charge in [0.25, 0.3) is 5.56 Å². The van der Waals surface area contributed by atoms with Crippen LogP contribution in [0.25, 0.3) is 0 Å². The Morgan fingerprint density at radius 2 is 2.21 bits per heavy atom. The summed E-state index contributed by atoms with van der Waals surface area (Å²) in [4.78, 5) is 11.8. The third-order valence-corrected chi connectivity index (χ3v) is 2.71. The topological polar surface area (TPSA) is 56.1 Å². The fourth-order valence-electron chi connectivity index (χ4n) is 1.67. The Kier molecular flexibility index (Phi) is 3.79. The molecule has 100 valence electrons. The molecule has 0 bridgehead atoms. The molecule has 2 rings (SSSR count). The van der Waals surface area contributed by atoms with Crippen LogP contribution >= 0.6 is 0 Å². The molecule has 0 fully saturated rings. The van der Waals surface area contributed by atoms with Crippen LogP contribution in [-0.4, -0.2) is 23.9 Å². The zero-order valence-electron chi connectivity index (χ0n) is 10.7. The van der Waals surface area contributed by atoms with Crippen molar-refractivity contribution in [1.82, 2.24) is 9.78 Å². The summed E-state index contributed by atoms with van der Waals surface area (Å²) in [7, 11) is 3.11. The number of anilines is 1. The van der Waals surface area contributed by atoms with Crippen LogP contribution in [0, 0.1) is 5.82 Å². The van der Waals surface area contributed by atoms with Gasteiger partial charge in [0, 0.05) is 13.1 Å². The van der Waals surface area contributed by atoms with Gasteiger partial charge in [0.2, 0.25) is 0 Å². The highest BCUT2D eigenvalue weighted by Gasteiger charge is 2.05. The first-order valence-corrected chi connectivity index (χ1v) is 5.71. The van der Waals surface area contributed by atoms with E-state index in [1.54, 1.807) is 19.3 Å². The number of hydrogen-bond acceptors (Lipinski definition) is 4. The fourth-order valence-corrected chi connectivity index (χ4v) is 1.67. The van der Waals surface area contributed by atoms with Crippen LogP contribution in [-0.2, 0) is 6.54 Å². The zero-order valence-corrected chi connectivity index (χ0v) is 10.7. The molecular formula is C13H14FN3O2. The molecule has 1 N–H and O–H groups in total. The minimum atomic E-state index is -0.458. The van der Waals surface area contributed by atoms with Crippen LogP contribution in [0.15, 0.2) is 35.3 Å².